The van der Waals surface area contributed by atoms with E-state index in [1.165, 1.54) is 5.69 Å². The van der Waals surface area contributed by atoms with Crippen LogP contribution in [0.2, 0.25) is 0 Å². The molecule has 2 atom stereocenters. The van der Waals surface area contributed by atoms with Crippen molar-refractivity contribution in [3.05, 3.63) is 18.0 Å². The van der Waals surface area contributed by atoms with Crippen LogP contribution in [0.1, 0.15) is 39.3 Å². The van der Waals surface area contributed by atoms with Gasteiger partial charge in [-0.25, -0.2) is 0 Å². The lowest BCUT2D eigenvalue weighted by atomic mass is 10.1. The van der Waals surface area contributed by atoms with Crippen LogP contribution in [-0.4, -0.2) is 16.3 Å². The summed E-state index contributed by atoms with van der Waals surface area (Å²) in [6.07, 6.45) is 1.92. The van der Waals surface area contributed by atoms with Crippen LogP contribution in [0.25, 0.3) is 0 Å². The van der Waals surface area contributed by atoms with E-state index in [9.17, 15) is 0 Å². The molecule has 0 bridgehead atoms. The van der Waals surface area contributed by atoms with E-state index in [1.54, 1.807) is 0 Å². The molecule has 1 aliphatic rings. The fourth-order valence-corrected chi connectivity index (χ4v) is 2.88. The second-order valence-electron chi connectivity index (χ2n) is 5.97. The van der Waals surface area contributed by atoms with Crippen molar-refractivity contribution in [2.75, 3.05) is 6.54 Å². The minimum Gasteiger partial charge on any atom is -0.330 e. The van der Waals surface area contributed by atoms with Gasteiger partial charge < -0.3 is 5.73 Å². The minimum atomic E-state index is 0.351. The molecule has 3 nitrogen and oxygen atoms in total. The summed E-state index contributed by atoms with van der Waals surface area (Å²) in [5, 5.41) is 4.43. The predicted molar refractivity (Wildman–Crippen MR) is 66.1 cm³/mol. The third kappa shape index (κ3) is 1.77. The van der Waals surface area contributed by atoms with Crippen molar-refractivity contribution in [2.45, 2.75) is 40.2 Å². The van der Waals surface area contributed by atoms with Gasteiger partial charge in [-0.1, -0.05) is 27.7 Å². The molecule has 3 heteroatoms. The third-order valence-corrected chi connectivity index (χ3v) is 3.91. The van der Waals surface area contributed by atoms with Gasteiger partial charge in [-0.05, 0) is 29.9 Å². The first-order chi connectivity index (χ1) is 7.48. The van der Waals surface area contributed by atoms with Crippen molar-refractivity contribution in [3.63, 3.8) is 0 Å². The molecule has 1 saturated carbocycles. The Bertz CT molecular complexity index is 365. The summed E-state index contributed by atoms with van der Waals surface area (Å²) in [6.45, 7) is 10.9. The lowest BCUT2D eigenvalue weighted by molar-refractivity contribution is 0.461. The van der Waals surface area contributed by atoms with Crippen LogP contribution < -0.4 is 5.73 Å². The molecule has 0 aromatic carbocycles. The number of hydrogen-bond acceptors (Lipinski definition) is 2. The number of hydrogen-bond donors (Lipinski definition) is 1. The predicted octanol–water partition coefficient (Wildman–Crippen LogP) is 2.24. The molecule has 16 heavy (non-hydrogen) atoms. The maximum atomic E-state index is 5.83. The fourth-order valence-electron chi connectivity index (χ4n) is 2.88. The normalized spacial score (nSPS) is 27.4. The minimum absolute atomic E-state index is 0.351. The summed E-state index contributed by atoms with van der Waals surface area (Å²) in [7, 11) is 0. The van der Waals surface area contributed by atoms with Crippen LogP contribution in [0.3, 0.4) is 0 Å². The van der Waals surface area contributed by atoms with Gasteiger partial charge in [0.25, 0.3) is 0 Å². The highest BCUT2D eigenvalue weighted by atomic mass is 15.3. The molecule has 1 heterocycles. The summed E-state index contributed by atoms with van der Waals surface area (Å²) in [6, 6.07) is 2.16. The second kappa shape index (κ2) is 3.88. The first-order valence-electron chi connectivity index (χ1n) is 6.20. The van der Waals surface area contributed by atoms with E-state index in [2.05, 4.69) is 43.5 Å². The zero-order chi connectivity index (χ0) is 11.9. The lowest BCUT2D eigenvalue weighted by Crippen LogP contribution is -2.10. The van der Waals surface area contributed by atoms with Crippen LogP contribution in [-0.2, 0) is 6.54 Å². The molecule has 0 aliphatic heterocycles. The maximum Gasteiger partial charge on any atom is 0.0492 e. The quantitative estimate of drug-likeness (QED) is 0.847. The van der Waals surface area contributed by atoms with Gasteiger partial charge in [0.15, 0.2) is 0 Å². The summed E-state index contributed by atoms with van der Waals surface area (Å²) in [5.41, 5.74) is 7.55. The first-order valence-corrected chi connectivity index (χ1v) is 6.20. The maximum absolute atomic E-state index is 5.83. The Morgan fingerprint density at radius 1 is 1.50 bits per heavy atom. The largest absolute Gasteiger partial charge is 0.330 e. The van der Waals surface area contributed by atoms with Crippen LogP contribution in [0.4, 0.5) is 0 Å². The van der Waals surface area contributed by atoms with Gasteiger partial charge in [-0.2, -0.15) is 5.10 Å². The smallest absolute Gasteiger partial charge is 0.0492 e. The summed E-state index contributed by atoms with van der Waals surface area (Å²) >= 11 is 0. The molecule has 2 N–H and O–H groups in total. The zero-order valence-electron chi connectivity index (χ0n) is 10.8. The number of aromatic nitrogens is 2. The molecule has 90 valence electrons. The Labute approximate surface area is 98.0 Å². The highest BCUT2D eigenvalue weighted by molar-refractivity contribution is 5.26. The van der Waals surface area contributed by atoms with Gasteiger partial charge in [0, 0.05) is 24.4 Å². The average molecular weight is 221 g/mol. The molecule has 1 aliphatic carbocycles. The van der Waals surface area contributed by atoms with E-state index in [0.29, 0.717) is 23.2 Å². The fraction of sp³-hybridized carbons (Fsp3) is 0.769. The van der Waals surface area contributed by atoms with Gasteiger partial charge in [0.05, 0.1) is 0 Å². The van der Waals surface area contributed by atoms with Crippen molar-refractivity contribution in [1.29, 1.82) is 0 Å². The Hall–Kier alpha value is -0.830. The standard InChI is InChI=1S/C13H23N3/c1-9(2)8-16-11(5-6-15-16)12-10(7-14)13(12,3)4/h5-6,9-10,12H,7-8,14H2,1-4H3. The summed E-state index contributed by atoms with van der Waals surface area (Å²) in [4.78, 5) is 0. The summed E-state index contributed by atoms with van der Waals surface area (Å²) in [5.74, 6) is 1.85. The van der Waals surface area contributed by atoms with Crippen molar-refractivity contribution >= 4 is 0 Å². The van der Waals surface area contributed by atoms with Gasteiger partial charge in [-0.3, -0.25) is 4.68 Å². The lowest BCUT2D eigenvalue weighted by Gasteiger charge is -2.10. The topological polar surface area (TPSA) is 43.8 Å². The van der Waals surface area contributed by atoms with E-state index < -0.39 is 0 Å². The van der Waals surface area contributed by atoms with Crippen molar-refractivity contribution in [2.24, 2.45) is 23.0 Å². The van der Waals surface area contributed by atoms with Crippen molar-refractivity contribution in [1.82, 2.24) is 9.78 Å². The Morgan fingerprint density at radius 2 is 2.19 bits per heavy atom. The molecule has 0 spiro atoms. The van der Waals surface area contributed by atoms with Crippen molar-refractivity contribution in [3.8, 4) is 0 Å². The Kier molecular flexibility index (Phi) is 2.82. The van der Waals surface area contributed by atoms with Crippen LogP contribution in [0.5, 0.6) is 0 Å². The van der Waals surface area contributed by atoms with Gasteiger partial charge >= 0.3 is 0 Å². The van der Waals surface area contributed by atoms with Crippen molar-refractivity contribution < 1.29 is 0 Å². The molecule has 2 unspecified atom stereocenters. The molecular formula is C13H23N3. The van der Waals surface area contributed by atoms with E-state index in [4.69, 9.17) is 5.73 Å². The number of rotatable bonds is 4. The third-order valence-electron chi connectivity index (χ3n) is 3.91. The molecule has 1 aromatic heterocycles. The highest BCUT2D eigenvalue weighted by Crippen LogP contribution is 2.63. The SMILES string of the molecule is CC(C)Cn1nccc1C1C(CN)C1(C)C. The van der Waals surface area contributed by atoms with E-state index in [-0.39, 0.29) is 0 Å². The molecule has 0 amide bonds. The molecule has 1 aromatic rings. The number of nitrogens with zero attached hydrogens (tertiary/aromatic N) is 2. The van der Waals surface area contributed by atoms with E-state index >= 15 is 0 Å². The second-order valence-corrected chi connectivity index (χ2v) is 5.97. The molecule has 0 radical (unpaired) electrons. The van der Waals surface area contributed by atoms with Gasteiger partial charge in [-0.15, -0.1) is 0 Å². The highest BCUT2D eigenvalue weighted by Gasteiger charge is 2.58. The molecular weight excluding hydrogens is 198 g/mol. The average Bonchev–Trinajstić information content (AvgIpc) is 2.55. The summed E-state index contributed by atoms with van der Waals surface area (Å²) < 4.78 is 2.16. The van der Waals surface area contributed by atoms with Gasteiger partial charge in [0.1, 0.15) is 0 Å². The Balaban J connectivity index is 2.20. The Morgan fingerprint density at radius 3 is 2.69 bits per heavy atom. The van der Waals surface area contributed by atoms with Gasteiger partial charge in [0.2, 0.25) is 0 Å². The number of nitrogens with two attached hydrogens (primary N) is 1. The molecule has 0 saturated heterocycles. The molecule has 2 rings (SSSR count). The van der Waals surface area contributed by atoms with E-state index in [1.807, 2.05) is 6.20 Å². The van der Waals surface area contributed by atoms with Crippen LogP contribution >= 0.6 is 0 Å². The van der Waals surface area contributed by atoms with E-state index in [0.717, 1.165) is 13.1 Å². The zero-order valence-corrected chi connectivity index (χ0v) is 10.8. The monoisotopic (exact) mass is 221 g/mol. The van der Waals surface area contributed by atoms with Crippen LogP contribution in [0, 0.1) is 17.3 Å². The van der Waals surface area contributed by atoms with Crippen LogP contribution in [0.15, 0.2) is 12.3 Å². The molecule has 1 fully saturated rings. The first kappa shape index (κ1) is 11.6.